The van der Waals surface area contributed by atoms with Crippen LogP contribution in [0.3, 0.4) is 0 Å². The van der Waals surface area contributed by atoms with Gasteiger partial charge in [-0.15, -0.1) is 0 Å². The van der Waals surface area contributed by atoms with Gasteiger partial charge in [0, 0.05) is 24.2 Å². The summed E-state index contributed by atoms with van der Waals surface area (Å²) >= 11 is 0. The molecule has 0 fully saturated rings. The van der Waals surface area contributed by atoms with Crippen LogP contribution in [0, 0.1) is 0 Å². The van der Waals surface area contributed by atoms with Crippen LogP contribution in [0.15, 0.2) is 0 Å². The molecule has 3 heteroatoms. The van der Waals surface area contributed by atoms with E-state index in [1.807, 2.05) is 0 Å². The lowest BCUT2D eigenvalue weighted by atomic mass is 11.7. The molecule has 0 nitrogen and oxygen atoms in total. The van der Waals surface area contributed by atoms with Gasteiger partial charge in [0.1, 0.15) is 0 Å². The van der Waals surface area contributed by atoms with Gasteiger partial charge in [-0.3, -0.25) is 0 Å². The molecule has 0 aliphatic rings. The Labute approximate surface area is 88.2 Å². The molecule has 0 bridgehead atoms. The summed E-state index contributed by atoms with van der Waals surface area (Å²) in [6.07, 6.45) is 0. The van der Waals surface area contributed by atoms with Crippen molar-refractivity contribution in [1.29, 1.82) is 0 Å². The van der Waals surface area contributed by atoms with Gasteiger partial charge in [0.25, 0.3) is 0 Å². The van der Waals surface area contributed by atoms with E-state index in [9.17, 15) is 0 Å². The van der Waals surface area contributed by atoms with Crippen LogP contribution >= 0.6 is 0 Å². The van der Waals surface area contributed by atoms with Gasteiger partial charge in [-0.1, -0.05) is 63.7 Å². The maximum atomic E-state index is 2.60. The third-order valence-corrected chi connectivity index (χ3v) is 18.2. The van der Waals surface area contributed by atoms with Crippen molar-refractivity contribution in [2.75, 3.05) is 0 Å². The van der Waals surface area contributed by atoms with Gasteiger partial charge < -0.3 is 0 Å². The van der Waals surface area contributed by atoms with Crippen LogP contribution in [0.25, 0.3) is 0 Å². The number of hydrogen-bond donors (Lipinski definition) is 0. The molecule has 13 heavy (non-hydrogen) atoms. The van der Waals surface area contributed by atoms with Crippen molar-refractivity contribution < 1.29 is 0 Å². The fraction of sp³-hybridized carbons (Fsp3) is 1.00. The Morgan fingerprint density at radius 1 is 0.538 bits per heavy atom. The third-order valence-electron chi connectivity index (χ3n) is 2.02. The van der Waals surface area contributed by atoms with Crippen molar-refractivity contribution >= 4 is 24.2 Å². The predicted octanol–water partition coefficient (Wildman–Crippen LogP) is 4.45. The molecule has 0 aromatic rings. The van der Waals surface area contributed by atoms with Gasteiger partial charge in [0.05, 0.1) is 0 Å². The first kappa shape index (κ1) is 13.7. The Morgan fingerprint density at radius 2 is 0.769 bits per heavy atom. The summed E-state index contributed by atoms with van der Waals surface area (Å²) in [6, 6.07) is 0. The van der Waals surface area contributed by atoms with E-state index in [2.05, 4.69) is 52.4 Å². The Hall–Kier alpha value is 0.651. The molecular formula is C10H28Si3. The number of rotatable bonds is 4. The molecule has 0 unspecified atom stereocenters. The Bertz CT molecular complexity index is 142. The first-order chi connectivity index (χ1) is 5.41. The van der Waals surface area contributed by atoms with E-state index in [-0.39, 0.29) is 0 Å². The van der Waals surface area contributed by atoms with E-state index in [0.717, 1.165) is 0 Å². The lowest BCUT2D eigenvalue weighted by Gasteiger charge is -2.34. The van der Waals surface area contributed by atoms with Crippen LogP contribution in [0.2, 0.25) is 63.7 Å². The molecule has 0 aliphatic heterocycles. The molecule has 80 valence electrons. The molecule has 0 aromatic carbocycles. The second kappa shape index (κ2) is 4.03. The van der Waals surface area contributed by atoms with Gasteiger partial charge in [0.15, 0.2) is 0 Å². The highest BCUT2D eigenvalue weighted by atomic mass is 28.4. The fourth-order valence-electron chi connectivity index (χ4n) is 2.93. The summed E-state index contributed by atoms with van der Waals surface area (Å²) in [4.78, 5) is 0. The maximum Gasteiger partial charge on any atom is 0.0421 e. The molecule has 0 aliphatic carbocycles. The molecule has 0 saturated carbocycles. The largest absolute Gasteiger partial charge is 0.0698 e. The molecule has 0 saturated heterocycles. The average molecular weight is 233 g/mol. The second-order valence-electron chi connectivity index (χ2n) is 7.64. The summed E-state index contributed by atoms with van der Waals surface area (Å²) in [5.74, 6) is 0. The summed E-state index contributed by atoms with van der Waals surface area (Å²) in [7, 11) is -2.47. The monoisotopic (exact) mass is 232 g/mol. The molecule has 0 N–H and O–H groups in total. The number of hydrogen-bond acceptors (Lipinski definition) is 0. The minimum Gasteiger partial charge on any atom is -0.0698 e. The van der Waals surface area contributed by atoms with Gasteiger partial charge in [-0.2, -0.15) is 0 Å². The van der Waals surface area contributed by atoms with Crippen molar-refractivity contribution in [2.24, 2.45) is 0 Å². The molecule has 0 atom stereocenters. The summed E-state index contributed by atoms with van der Waals surface area (Å²) < 4.78 is 0. The van der Waals surface area contributed by atoms with E-state index < -0.39 is 24.2 Å². The second-order valence-corrected chi connectivity index (χ2v) is 25.0. The van der Waals surface area contributed by atoms with Gasteiger partial charge in [-0.25, -0.2) is 0 Å². The SMILES string of the molecule is C[Si](C)(C)C[Si](C)(C)C[Si](C)(C)C. The van der Waals surface area contributed by atoms with E-state index in [1.165, 1.54) is 0 Å². The van der Waals surface area contributed by atoms with Crippen molar-refractivity contribution in [1.82, 2.24) is 0 Å². The molecule has 0 aromatic heterocycles. The zero-order chi connectivity index (χ0) is 10.9. The van der Waals surface area contributed by atoms with Gasteiger partial charge >= 0.3 is 0 Å². The Balaban J connectivity index is 4.25. The van der Waals surface area contributed by atoms with E-state index in [1.54, 1.807) is 11.3 Å². The highest BCUT2D eigenvalue weighted by Gasteiger charge is 2.32. The quantitative estimate of drug-likeness (QED) is 0.628. The van der Waals surface area contributed by atoms with Crippen molar-refractivity contribution in [2.45, 2.75) is 63.7 Å². The topological polar surface area (TPSA) is 0 Å². The van der Waals surface area contributed by atoms with Crippen molar-refractivity contribution in [3.63, 3.8) is 0 Å². The van der Waals surface area contributed by atoms with Gasteiger partial charge in [0.2, 0.25) is 0 Å². The van der Waals surface area contributed by atoms with Crippen LogP contribution < -0.4 is 0 Å². The third kappa shape index (κ3) is 8.97. The lowest BCUT2D eigenvalue weighted by Crippen LogP contribution is -2.43. The molecular weight excluding hydrogens is 204 g/mol. The Kier molecular flexibility index (Phi) is 4.23. The molecule has 0 heterocycles. The standard InChI is InChI=1S/C10H28Si3/c1-11(2,3)9-13(7,8)10-12(4,5)6/h9-10H2,1-8H3. The van der Waals surface area contributed by atoms with Crippen LogP contribution in [0.1, 0.15) is 0 Å². The van der Waals surface area contributed by atoms with Crippen LogP contribution in [0.5, 0.6) is 0 Å². The molecule has 0 spiro atoms. The van der Waals surface area contributed by atoms with Gasteiger partial charge in [-0.05, 0) is 0 Å². The maximum absolute atomic E-state index is 2.60. The van der Waals surface area contributed by atoms with E-state index >= 15 is 0 Å². The average Bonchev–Trinajstić information content (AvgIpc) is 1.43. The van der Waals surface area contributed by atoms with Crippen LogP contribution in [-0.4, -0.2) is 24.2 Å². The minimum atomic E-state index is -0.851. The first-order valence-corrected chi connectivity index (χ1v) is 16.2. The first-order valence-electron chi connectivity index (χ1n) is 5.41. The smallest absolute Gasteiger partial charge is 0.0421 e. The lowest BCUT2D eigenvalue weighted by molar-refractivity contribution is 1.44. The molecule has 0 radical (unpaired) electrons. The molecule has 0 rings (SSSR count). The van der Waals surface area contributed by atoms with Crippen molar-refractivity contribution in [3.05, 3.63) is 0 Å². The highest BCUT2D eigenvalue weighted by Crippen LogP contribution is 2.27. The van der Waals surface area contributed by atoms with E-state index in [0.29, 0.717) is 0 Å². The van der Waals surface area contributed by atoms with Crippen LogP contribution in [0.4, 0.5) is 0 Å². The normalized spacial score (nSPS) is 14.8. The fourth-order valence-corrected chi connectivity index (χ4v) is 27.5. The minimum absolute atomic E-state index is 0.808. The summed E-state index contributed by atoms with van der Waals surface area (Å²) in [5.41, 5.74) is 3.23. The summed E-state index contributed by atoms with van der Waals surface area (Å²) in [6.45, 7) is 20.3. The van der Waals surface area contributed by atoms with E-state index in [4.69, 9.17) is 0 Å². The highest BCUT2D eigenvalue weighted by molar-refractivity contribution is 7.01. The molecule has 0 amide bonds. The van der Waals surface area contributed by atoms with Crippen LogP contribution in [-0.2, 0) is 0 Å². The predicted molar refractivity (Wildman–Crippen MR) is 73.8 cm³/mol. The Morgan fingerprint density at radius 3 is 0.923 bits per heavy atom. The zero-order valence-electron chi connectivity index (χ0n) is 10.9. The summed E-state index contributed by atoms with van der Waals surface area (Å²) in [5, 5.41) is 0. The van der Waals surface area contributed by atoms with Crippen molar-refractivity contribution in [3.8, 4) is 0 Å². The zero-order valence-corrected chi connectivity index (χ0v) is 13.9.